The third kappa shape index (κ3) is 31.3. The van der Waals surface area contributed by atoms with E-state index in [1.54, 1.807) is 0 Å². The van der Waals surface area contributed by atoms with E-state index in [9.17, 15) is 19.2 Å². The van der Waals surface area contributed by atoms with Crippen LogP contribution in [0, 0.1) is 0 Å². The van der Waals surface area contributed by atoms with Gasteiger partial charge in [0, 0.05) is 12.2 Å². The second-order valence-electron chi connectivity index (χ2n) is 2.30. The quantitative estimate of drug-likeness (QED) is 0.372. The van der Waals surface area contributed by atoms with Crippen molar-refractivity contribution in [2.24, 2.45) is 0 Å². The third-order valence-electron chi connectivity index (χ3n) is 0.921. The molecule has 0 saturated heterocycles. The van der Waals surface area contributed by atoms with Crippen molar-refractivity contribution in [1.29, 1.82) is 0 Å². The molecule has 8 nitrogen and oxygen atoms in total. The molecule has 0 heterocycles. The SMILES string of the molecule is O=C(O)/C=C\C(=O)O.O=C(O)CCC(=O)O.[Ba+2].[H-].[H-]. The zero-order valence-corrected chi connectivity index (χ0v) is 13.1. The van der Waals surface area contributed by atoms with E-state index in [0.717, 1.165) is 0 Å². The maximum absolute atomic E-state index is 9.64. The Morgan fingerprint density at radius 2 is 1.00 bits per heavy atom. The van der Waals surface area contributed by atoms with E-state index in [2.05, 4.69) is 0 Å². The Morgan fingerprint density at radius 3 is 1.12 bits per heavy atom. The van der Waals surface area contributed by atoms with E-state index in [1.807, 2.05) is 0 Å². The molecule has 0 aliphatic heterocycles. The molecule has 0 fully saturated rings. The molecule has 0 radical (unpaired) electrons. The third-order valence-corrected chi connectivity index (χ3v) is 0.921. The van der Waals surface area contributed by atoms with Crippen LogP contribution >= 0.6 is 0 Å². The first-order valence-corrected chi connectivity index (χ1v) is 3.83. The van der Waals surface area contributed by atoms with Gasteiger partial charge in [-0.2, -0.15) is 0 Å². The fourth-order valence-corrected chi connectivity index (χ4v) is 0.356. The van der Waals surface area contributed by atoms with Gasteiger partial charge < -0.3 is 23.3 Å². The number of carbonyl (C=O) groups is 4. The van der Waals surface area contributed by atoms with Crippen LogP contribution in [0.2, 0.25) is 0 Å². The summed E-state index contributed by atoms with van der Waals surface area (Å²) in [4.78, 5) is 38.4. The molecule has 0 aromatic heterocycles. The predicted molar refractivity (Wildman–Crippen MR) is 56.9 cm³/mol. The molecule has 0 bridgehead atoms. The van der Waals surface area contributed by atoms with Crippen LogP contribution in [-0.2, 0) is 19.2 Å². The molecule has 0 amide bonds. The Kier molecular flexibility index (Phi) is 16.7. The Balaban J connectivity index is -0.0000000594. The van der Waals surface area contributed by atoms with E-state index in [0.29, 0.717) is 12.2 Å². The molecule has 94 valence electrons. The first-order valence-electron chi connectivity index (χ1n) is 3.83. The number of carboxylic acid groups (broad SMARTS) is 4. The number of carboxylic acids is 4. The second kappa shape index (κ2) is 13.3. The number of rotatable bonds is 5. The van der Waals surface area contributed by atoms with Crippen molar-refractivity contribution in [1.82, 2.24) is 0 Å². The van der Waals surface area contributed by atoms with Crippen LogP contribution < -0.4 is 0 Å². The molecular weight excluding hydrogens is 361 g/mol. The molecule has 4 N–H and O–H groups in total. The van der Waals surface area contributed by atoms with Crippen LogP contribution in [0.25, 0.3) is 0 Å². The van der Waals surface area contributed by atoms with Gasteiger partial charge in [0.1, 0.15) is 0 Å². The summed E-state index contributed by atoms with van der Waals surface area (Å²) in [6, 6.07) is 0. The number of hydrogen-bond acceptors (Lipinski definition) is 4. The minimum atomic E-state index is -1.26. The first-order chi connectivity index (χ1) is 7.25. The Bertz CT molecular complexity index is 288. The van der Waals surface area contributed by atoms with Gasteiger partial charge in [-0.25, -0.2) is 9.59 Å². The molecule has 0 atom stereocenters. The molecule has 0 saturated carbocycles. The number of aliphatic carboxylic acids is 4. The van der Waals surface area contributed by atoms with Crippen molar-refractivity contribution in [3.05, 3.63) is 12.2 Å². The number of hydrogen-bond donors (Lipinski definition) is 4. The standard InChI is InChI=1S/C4H6O4.C4H4O4.Ba.2H/c2*5-3(6)1-2-4(7)8;;;/h1-2H2,(H,5,6)(H,7,8);1-2H,(H,5,6)(H,7,8);;;/q;;+2;2*-1/b;2-1-;;;. The average Bonchev–Trinajstić information content (AvgIpc) is 2.12. The molecule has 0 aromatic carbocycles. The molecule has 0 spiro atoms. The van der Waals surface area contributed by atoms with Crippen molar-refractivity contribution in [3.8, 4) is 0 Å². The van der Waals surface area contributed by atoms with Crippen LogP contribution in [0.15, 0.2) is 12.2 Å². The van der Waals surface area contributed by atoms with Gasteiger partial charge in [0.2, 0.25) is 0 Å². The van der Waals surface area contributed by atoms with Gasteiger partial charge in [-0.05, 0) is 0 Å². The summed E-state index contributed by atoms with van der Waals surface area (Å²) < 4.78 is 0. The molecule has 0 aromatic rings. The maximum atomic E-state index is 9.64. The summed E-state index contributed by atoms with van der Waals surface area (Å²) in [5.41, 5.74) is 0. The average molecular weight is 374 g/mol. The van der Waals surface area contributed by atoms with Gasteiger partial charge in [-0.1, -0.05) is 0 Å². The zero-order chi connectivity index (χ0) is 13.1. The van der Waals surface area contributed by atoms with Crippen molar-refractivity contribution < 1.29 is 42.5 Å². The minimum Gasteiger partial charge on any atom is -1.00 e. The van der Waals surface area contributed by atoms with Gasteiger partial charge >= 0.3 is 72.8 Å². The molecule has 9 heteroatoms. The van der Waals surface area contributed by atoms with Crippen molar-refractivity contribution in [2.75, 3.05) is 0 Å². The van der Waals surface area contributed by atoms with Gasteiger partial charge in [-0.15, -0.1) is 0 Å². The van der Waals surface area contributed by atoms with E-state index in [1.165, 1.54) is 0 Å². The fourth-order valence-electron chi connectivity index (χ4n) is 0.356. The van der Waals surface area contributed by atoms with Gasteiger partial charge in [0.25, 0.3) is 0 Å². The van der Waals surface area contributed by atoms with Crippen LogP contribution in [-0.4, -0.2) is 93.2 Å². The summed E-state index contributed by atoms with van der Waals surface area (Å²) in [6.07, 6.45) is 0.523. The van der Waals surface area contributed by atoms with Crippen LogP contribution in [0.4, 0.5) is 0 Å². The van der Waals surface area contributed by atoms with E-state index >= 15 is 0 Å². The molecule has 17 heavy (non-hydrogen) atoms. The van der Waals surface area contributed by atoms with Crippen molar-refractivity contribution in [2.45, 2.75) is 12.8 Å². The molecule has 0 unspecified atom stereocenters. The normalized spacial score (nSPS) is 8.47. The smallest absolute Gasteiger partial charge is 1.00 e. The fraction of sp³-hybridized carbons (Fsp3) is 0.250. The van der Waals surface area contributed by atoms with E-state index in [-0.39, 0.29) is 64.6 Å². The van der Waals surface area contributed by atoms with Crippen LogP contribution in [0.5, 0.6) is 0 Å². The summed E-state index contributed by atoms with van der Waals surface area (Å²) in [5, 5.41) is 31.4. The van der Waals surface area contributed by atoms with Gasteiger partial charge in [0.15, 0.2) is 0 Å². The summed E-state index contributed by atoms with van der Waals surface area (Å²) >= 11 is 0. The second-order valence-corrected chi connectivity index (χ2v) is 2.30. The van der Waals surface area contributed by atoms with Crippen LogP contribution in [0.1, 0.15) is 15.7 Å². The summed E-state index contributed by atoms with van der Waals surface area (Å²) in [6.45, 7) is 0. The molecule has 0 rings (SSSR count). The van der Waals surface area contributed by atoms with E-state index < -0.39 is 23.9 Å². The summed E-state index contributed by atoms with van der Waals surface area (Å²) in [5.74, 6) is -4.67. The molecule has 0 aliphatic rings. The molecule has 0 aliphatic carbocycles. The van der Waals surface area contributed by atoms with Crippen LogP contribution in [0.3, 0.4) is 0 Å². The van der Waals surface area contributed by atoms with Gasteiger partial charge in [-0.3, -0.25) is 9.59 Å². The maximum Gasteiger partial charge on any atom is 2.00 e. The first kappa shape index (κ1) is 21.5. The molecular formula is C8H12BaO8. The topological polar surface area (TPSA) is 149 Å². The monoisotopic (exact) mass is 374 g/mol. The predicted octanol–water partition coefficient (Wildman–Crippen LogP) is -0.508. The Morgan fingerprint density at radius 1 is 0.765 bits per heavy atom. The van der Waals surface area contributed by atoms with Crippen molar-refractivity contribution >= 4 is 72.8 Å². The Labute approximate surface area is 139 Å². The van der Waals surface area contributed by atoms with Crippen molar-refractivity contribution in [3.63, 3.8) is 0 Å². The van der Waals surface area contributed by atoms with E-state index in [4.69, 9.17) is 20.4 Å². The van der Waals surface area contributed by atoms with Gasteiger partial charge in [0.05, 0.1) is 12.8 Å². The summed E-state index contributed by atoms with van der Waals surface area (Å²) in [7, 11) is 0. The Hall–Kier alpha value is -0.809. The zero-order valence-electron chi connectivity index (χ0n) is 10.7. The largest absolute Gasteiger partial charge is 2.00 e. The minimum absolute atomic E-state index is 0.